The molecule has 0 amide bonds. The lowest BCUT2D eigenvalue weighted by Crippen LogP contribution is -2.45. The lowest BCUT2D eigenvalue weighted by Gasteiger charge is -2.24. The topological polar surface area (TPSA) is 70.0 Å². The minimum atomic E-state index is 0.266. The van der Waals surface area contributed by atoms with Crippen LogP contribution in [0.4, 0.5) is 5.69 Å². The lowest BCUT2D eigenvalue weighted by atomic mass is 10.1. The van der Waals surface area contributed by atoms with Gasteiger partial charge < -0.3 is 15.4 Å². The highest BCUT2D eigenvalue weighted by atomic mass is 16.5. The number of aromatic nitrogens is 1. The highest BCUT2D eigenvalue weighted by Gasteiger charge is 2.14. The number of anilines is 1. The molecule has 1 aromatic carbocycles. The van der Waals surface area contributed by atoms with E-state index in [1.165, 1.54) is 0 Å². The highest BCUT2D eigenvalue weighted by molar-refractivity contribution is 5.93. The molecular weight excluding hydrogens is 252 g/mol. The molecule has 5 heteroatoms. The zero-order valence-electron chi connectivity index (χ0n) is 11.1. The van der Waals surface area contributed by atoms with Crippen molar-refractivity contribution in [2.45, 2.75) is 6.04 Å². The molecule has 1 aliphatic rings. The maximum absolute atomic E-state index is 9.24. The van der Waals surface area contributed by atoms with Crippen LogP contribution < -0.4 is 10.6 Å². The van der Waals surface area contributed by atoms with Crippen molar-refractivity contribution in [3.63, 3.8) is 0 Å². The van der Waals surface area contributed by atoms with Crippen LogP contribution in [0.25, 0.3) is 10.9 Å². The van der Waals surface area contributed by atoms with E-state index in [0.29, 0.717) is 12.2 Å². The first-order valence-corrected chi connectivity index (χ1v) is 6.71. The van der Waals surface area contributed by atoms with Crippen LogP contribution in [0.3, 0.4) is 0 Å². The van der Waals surface area contributed by atoms with Crippen molar-refractivity contribution in [3.05, 3.63) is 36.0 Å². The van der Waals surface area contributed by atoms with Crippen LogP contribution in [0.1, 0.15) is 5.56 Å². The van der Waals surface area contributed by atoms with Gasteiger partial charge in [0.2, 0.25) is 0 Å². The summed E-state index contributed by atoms with van der Waals surface area (Å²) in [7, 11) is 0. The van der Waals surface area contributed by atoms with Gasteiger partial charge in [0.1, 0.15) is 6.07 Å². The molecule has 2 aromatic rings. The Kier molecular flexibility index (Phi) is 3.77. The van der Waals surface area contributed by atoms with Crippen LogP contribution in [0.5, 0.6) is 0 Å². The fraction of sp³-hybridized carbons (Fsp3) is 0.333. The molecule has 1 aliphatic heterocycles. The van der Waals surface area contributed by atoms with E-state index in [4.69, 9.17) is 4.74 Å². The molecule has 0 aliphatic carbocycles. The van der Waals surface area contributed by atoms with Crippen LogP contribution in [0.15, 0.2) is 30.5 Å². The Hall–Kier alpha value is -2.16. The van der Waals surface area contributed by atoms with E-state index in [0.717, 1.165) is 36.3 Å². The first kappa shape index (κ1) is 12.9. The predicted octanol–water partition coefficient (Wildman–Crippen LogP) is 1.51. The molecule has 3 rings (SSSR count). The normalized spacial score (nSPS) is 18.6. The number of nitrogens with one attached hydrogen (secondary N) is 2. The minimum Gasteiger partial charge on any atom is -0.382 e. The van der Waals surface area contributed by atoms with Gasteiger partial charge in [-0.15, -0.1) is 0 Å². The summed E-state index contributed by atoms with van der Waals surface area (Å²) in [6.07, 6.45) is 1.62. The number of fused-ring (bicyclic) bond motifs is 1. The Morgan fingerprint density at radius 3 is 3.15 bits per heavy atom. The molecule has 2 N–H and O–H groups in total. The molecule has 1 atom stereocenters. The van der Waals surface area contributed by atoms with E-state index < -0.39 is 0 Å². The third-order valence-electron chi connectivity index (χ3n) is 3.42. The molecule has 20 heavy (non-hydrogen) atoms. The largest absolute Gasteiger partial charge is 0.382 e. The summed E-state index contributed by atoms with van der Waals surface area (Å²) in [6.45, 7) is 3.05. The van der Waals surface area contributed by atoms with Crippen LogP contribution >= 0.6 is 0 Å². The van der Waals surface area contributed by atoms with Crippen molar-refractivity contribution in [1.29, 1.82) is 5.26 Å². The Balaban J connectivity index is 1.87. The number of hydrogen-bond acceptors (Lipinski definition) is 5. The van der Waals surface area contributed by atoms with Gasteiger partial charge >= 0.3 is 0 Å². The second-order valence-electron chi connectivity index (χ2n) is 4.78. The summed E-state index contributed by atoms with van der Waals surface area (Å²) in [5.74, 6) is 0. The number of benzene rings is 1. The monoisotopic (exact) mass is 268 g/mol. The van der Waals surface area contributed by atoms with Crippen LogP contribution in [0, 0.1) is 11.3 Å². The van der Waals surface area contributed by atoms with E-state index in [9.17, 15) is 5.26 Å². The number of rotatable bonds is 3. The van der Waals surface area contributed by atoms with Crippen molar-refractivity contribution >= 4 is 16.6 Å². The Bertz CT molecular complexity index is 644. The van der Waals surface area contributed by atoms with Gasteiger partial charge in [-0.3, -0.25) is 4.98 Å². The molecule has 0 saturated carbocycles. The van der Waals surface area contributed by atoms with Gasteiger partial charge in [0.25, 0.3) is 0 Å². The molecule has 1 aromatic heterocycles. The third-order valence-corrected chi connectivity index (χ3v) is 3.42. The second-order valence-corrected chi connectivity index (χ2v) is 4.78. The Labute approximate surface area is 117 Å². The quantitative estimate of drug-likeness (QED) is 0.883. The Morgan fingerprint density at radius 2 is 2.35 bits per heavy atom. The van der Waals surface area contributed by atoms with Gasteiger partial charge in [-0.1, -0.05) is 18.2 Å². The first-order valence-electron chi connectivity index (χ1n) is 6.71. The van der Waals surface area contributed by atoms with Crippen molar-refractivity contribution in [2.24, 2.45) is 0 Å². The third kappa shape index (κ3) is 2.57. The Morgan fingerprint density at radius 1 is 1.45 bits per heavy atom. The van der Waals surface area contributed by atoms with Crippen LogP contribution in [-0.4, -0.2) is 37.3 Å². The van der Waals surface area contributed by atoms with Crippen LogP contribution in [0.2, 0.25) is 0 Å². The first-order chi connectivity index (χ1) is 9.88. The molecule has 0 radical (unpaired) electrons. The minimum absolute atomic E-state index is 0.266. The van der Waals surface area contributed by atoms with Gasteiger partial charge in [0.05, 0.1) is 30.0 Å². The molecular formula is C15H16N4O. The average molecular weight is 268 g/mol. The summed E-state index contributed by atoms with van der Waals surface area (Å²) in [4.78, 5) is 4.30. The molecule has 1 saturated heterocycles. The van der Waals surface area contributed by atoms with E-state index in [1.54, 1.807) is 6.20 Å². The van der Waals surface area contributed by atoms with Crippen LogP contribution in [-0.2, 0) is 4.74 Å². The zero-order chi connectivity index (χ0) is 13.8. The van der Waals surface area contributed by atoms with Gasteiger partial charge in [0.15, 0.2) is 0 Å². The maximum atomic E-state index is 9.24. The van der Waals surface area contributed by atoms with E-state index in [2.05, 4.69) is 21.7 Å². The molecule has 2 heterocycles. The zero-order valence-corrected chi connectivity index (χ0v) is 11.1. The van der Waals surface area contributed by atoms with Crippen molar-refractivity contribution in [1.82, 2.24) is 10.3 Å². The van der Waals surface area contributed by atoms with Crippen molar-refractivity contribution < 1.29 is 4.74 Å². The fourth-order valence-electron chi connectivity index (χ4n) is 2.39. The van der Waals surface area contributed by atoms with Gasteiger partial charge in [0, 0.05) is 30.7 Å². The summed E-state index contributed by atoms with van der Waals surface area (Å²) >= 11 is 0. The number of nitriles is 1. The maximum Gasteiger partial charge on any atom is 0.103 e. The van der Waals surface area contributed by atoms with Crippen molar-refractivity contribution in [3.8, 4) is 6.07 Å². The fourth-order valence-corrected chi connectivity index (χ4v) is 2.39. The molecule has 0 spiro atoms. The average Bonchev–Trinajstić information content (AvgIpc) is 2.53. The summed E-state index contributed by atoms with van der Waals surface area (Å²) in [5, 5.41) is 17.0. The second kappa shape index (κ2) is 5.87. The predicted molar refractivity (Wildman–Crippen MR) is 77.6 cm³/mol. The van der Waals surface area contributed by atoms with E-state index >= 15 is 0 Å². The highest BCUT2D eigenvalue weighted by Crippen LogP contribution is 2.25. The standard InChI is InChI=1S/C15H16N4O/c16-7-11-8-18-14-4-2-1-3-13(14)15(11)19-9-12-10-20-6-5-17-12/h1-4,8,12,17H,5-6,9-10H2,(H,18,19). The van der Waals surface area contributed by atoms with E-state index in [1.807, 2.05) is 24.3 Å². The molecule has 5 nitrogen and oxygen atoms in total. The molecule has 1 unspecified atom stereocenters. The lowest BCUT2D eigenvalue weighted by molar-refractivity contribution is 0.0807. The summed E-state index contributed by atoms with van der Waals surface area (Å²) in [6, 6.07) is 10.3. The summed E-state index contributed by atoms with van der Waals surface area (Å²) < 4.78 is 5.43. The molecule has 0 bridgehead atoms. The number of morpholine rings is 1. The van der Waals surface area contributed by atoms with Gasteiger partial charge in [-0.25, -0.2) is 0 Å². The van der Waals surface area contributed by atoms with E-state index in [-0.39, 0.29) is 6.04 Å². The number of pyridine rings is 1. The smallest absolute Gasteiger partial charge is 0.103 e. The molecule has 1 fully saturated rings. The SMILES string of the molecule is N#Cc1cnc2ccccc2c1NCC1COCCN1. The van der Waals surface area contributed by atoms with Crippen molar-refractivity contribution in [2.75, 3.05) is 31.6 Å². The molecule has 102 valence electrons. The number of ether oxygens (including phenoxy) is 1. The number of hydrogen-bond donors (Lipinski definition) is 2. The number of nitrogens with zero attached hydrogens (tertiary/aromatic N) is 2. The summed E-state index contributed by atoms with van der Waals surface area (Å²) in [5.41, 5.74) is 2.31. The van der Waals surface area contributed by atoms with Gasteiger partial charge in [-0.05, 0) is 6.07 Å². The van der Waals surface area contributed by atoms with Gasteiger partial charge in [-0.2, -0.15) is 5.26 Å². The number of para-hydroxylation sites is 1.